The molecule has 5 nitrogen and oxygen atoms in total. The Morgan fingerprint density at radius 1 is 1.20 bits per heavy atom. The Kier molecular flexibility index (Phi) is 5.34. The van der Waals surface area contributed by atoms with Crippen LogP contribution < -0.4 is 0 Å². The third-order valence-corrected chi connectivity index (χ3v) is 6.22. The first-order valence-corrected chi connectivity index (χ1v) is 9.95. The number of fused-ring (bicyclic) bond motifs is 1. The SMILES string of the molecule is CN1C[C@H]2CC(N(Cc3ccc(F)c(C(F)(F)F)c3)C(=O)c3cn(C)cn3)C[C@H]2C1. The number of amides is 1. The van der Waals surface area contributed by atoms with E-state index >= 15 is 0 Å². The van der Waals surface area contributed by atoms with E-state index in [4.69, 9.17) is 0 Å². The quantitative estimate of drug-likeness (QED) is 0.705. The van der Waals surface area contributed by atoms with Crippen LogP contribution in [0.4, 0.5) is 17.6 Å². The standard InChI is InChI=1S/C21H24F4N4O/c1-27-9-14-6-16(7-15(14)10-27)29(20(30)19-11-28(2)12-26-19)8-13-3-4-18(22)17(5-13)21(23,24)25/h3-5,11-12,14-16H,6-10H2,1-2H3/t14-,15+,16?. The van der Waals surface area contributed by atoms with Crippen LogP contribution in [0.25, 0.3) is 0 Å². The van der Waals surface area contributed by atoms with E-state index in [0.29, 0.717) is 11.8 Å². The lowest BCUT2D eigenvalue weighted by Gasteiger charge is -2.30. The van der Waals surface area contributed by atoms with E-state index in [1.165, 1.54) is 12.4 Å². The number of aromatic nitrogens is 2. The highest BCUT2D eigenvalue weighted by molar-refractivity contribution is 5.92. The van der Waals surface area contributed by atoms with Crippen molar-refractivity contribution in [2.75, 3.05) is 20.1 Å². The van der Waals surface area contributed by atoms with Crippen LogP contribution in [0.3, 0.4) is 0 Å². The molecule has 0 radical (unpaired) electrons. The summed E-state index contributed by atoms with van der Waals surface area (Å²) in [4.78, 5) is 21.2. The van der Waals surface area contributed by atoms with E-state index in [2.05, 4.69) is 16.9 Å². The molecule has 4 rings (SSSR count). The molecule has 1 aromatic carbocycles. The molecule has 2 heterocycles. The summed E-state index contributed by atoms with van der Waals surface area (Å²) < 4.78 is 54.8. The van der Waals surface area contributed by atoms with E-state index in [0.717, 1.165) is 38.1 Å². The van der Waals surface area contributed by atoms with E-state index < -0.39 is 17.6 Å². The molecule has 162 valence electrons. The highest BCUT2D eigenvalue weighted by atomic mass is 19.4. The number of carbonyl (C=O) groups is 1. The zero-order valence-electron chi connectivity index (χ0n) is 16.9. The maximum Gasteiger partial charge on any atom is 0.419 e. The zero-order valence-corrected chi connectivity index (χ0v) is 16.9. The molecule has 0 N–H and O–H groups in total. The van der Waals surface area contributed by atoms with Crippen LogP contribution >= 0.6 is 0 Å². The molecule has 2 fully saturated rings. The van der Waals surface area contributed by atoms with Crippen molar-refractivity contribution < 1.29 is 22.4 Å². The average molecular weight is 424 g/mol. The predicted octanol–water partition coefficient (Wildman–Crippen LogP) is 3.56. The normalized spacial score (nSPS) is 24.3. The molecule has 1 aromatic heterocycles. The van der Waals surface area contributed by atoms with Crippen molar-refractivity contribution in [2.24, 2.45) is 18.9 Å². The molecule has 2 aromatic rings. The van der Waals surface area contributed by atoms with Gasteiger partial charge in [0.2, 0.25) is 0 Å². The summed E-state index contributed by atoms with van der Waals surface area (Å²) >= 11 is 0. The number of aryl methyl sites for hydroxylation is 1. The third kappa shape index (κ3) is 4.08. The predicted molar refractivity (Wildman–Crippen MR) is 102 cm³/mol. The molecule has 0 bridgehead atoms. The van der Waals surface area contributed by atoms with Gasteiger partial charge in [0.25, 0.3) is 5.91 Å². The lowest BCUT2D eigenvalue weighted by Crippen LogP contribution is -2.39. The van der Waals surface area contributed by atoms with Gasteiger partial charge in [-0.25, -0.2) is 9.37 Å². The molecule has 1 aliphatic carbocycles. The van der Waals surface area contributed by atoms with Crippen molar-refractivity contribution in [3.63, 3.8) is 0 Å². The molecule has 3 atom stereocenters. The lowest BCUT2D eigenvalue weighted by atomic mass is 10.0. The van der Waals surface area contributed by atoms with Crippen molar-refractivity contribution in [3.05, 3.63) is 53.4 Å². The Morgan fingerprint density at radius 2 is 1.87 bits per heavy atom. The van der Waals surface area contributed by atoms with Crippen molar-refractivity contribution in [2.45, 2.75) is 31.6 Å². The highest BCUT2D eigenvalue weighted by Gasteiger charge is 2.43. The van der Waals surface area contributed by atoms with Crippen LogP contribution in [0.15, 0.2) is 30.7 Å². The number of alkyl halides is 3. The van der Waals surface area contributed by atoms with Gasteiger partial charge in [0.05, 0.1) is 11.9 Å². The molecule has 1 saturated heterocycles. The summed E-state index contributed by atoms with van der Waals surface area (Å²) in [6, 6.07) is 2.85. The van der Waals surface area contributed by atoms with Crippen molar-refractivity contribution >= 4 is 5.91 Å². The number of hydrogen-bond acceptors (Lipinski definition) is 3. The minimum Gasteiger partial charge on any atom is -0.340 e. The van der Waals surface area contributed by atoms with Gasteiger partial charge in [-0.1, -0.05) is 6.07 Å². The second-order valence-electron chi connectivity index (χ2n) is 8.54. The van der Waals surface area contributed by atoms with Crippen molar-refractivity contribution in [3.8, 4) is 0 Å². The van der Waals surface area contributed by atoms with Gasteiger partial charge >= 0.3 is 6.18 Å². The molecule has 9 heteroatoms. The minimum absolute atomic E-state index is 0.0152. The summed E-state index contributed by atoms with van der Waals surface area (Å²) in [6.45, 7) is 1.90. The second kappa shape index (κ2) is 7.68. The van der Waals surface area contributed by atoms with Gasteiger partial charge in [-0.2, -0.15) is 13.2 Å². The fourth-order valence-electron chi connectivity index (χ4n) is 4.88. The molecule has 1 saturated carbocycles. The van der Waals surface area contributed by atoms with Gasteiger partial charge in [0.1, 0.15) is 11.5 Å². The number of likely N-dealkylation sites (tertiary alicyclic amines) is 1. The van der Waals surface area contributed by atoms with Crippen LogP contribution in [0.5, 0.6) is 0 Å². The fraction of sp³-hybridized carbons (Fsp3) is 0.524. The van der Waals surface area contributed by atoms with E-state index in [1.807, 2.05) is 0 Å². The number of halogens is 4. The summed E-state index contributed by atoms with van der Waals surface area (Å²) in [6.07, 6.45) is -0.0548. The molecule has 1 aliphatic heterocycles. The van der Waals surface area contributed by atoms with Gasteiger partial charge in [-0.3, -0.25) is 4.79 Å². The molecule has 2 aliphatic rings. The first kappa shape index (κ1) is 20.8. The van der Waals surface area contributed by atoms with Crippen LogP contribution in [0.1, 0.15) is 34.5 Å². The molecule has 30 heavy (non-hydrogen) atoms. The van der Waals surface area contributed by atoms with Crippen LogP contribution in [0.2, 0.25) is 0 Å². The van der Waals surface area contributed by atoms with Gasteiger partial charge < -0.3 is 14.4 Å². The van der Waals surface area contributed by atoms with E-state index in [1.54, 1.807) is 22.7 Å². The lowest BCUT2D eigenvalue weighted by molar-refractivity contribution is -0.140. The van der Waals surface area contributed by atoms with Crippen molar-refractivity contribution in [1.29, 1.82) is 0 Å². The molecular weight excluding hydrogens is 400 g/mol. The second-order valence-corrected chi connectivity index (χ2v) is 8.54. The van der Waals surface area contributed by atoms with Crippen LogP contribution in [-0.4, -0.2) is 51.4 Å². The zero-order chi connectivity index (χ0) is 21.6. The molecule has 1 unspecified atom stereocenters. The summed E-state index contributed by atoms with van der Waals surface area (Å²) in [5.41, 5.74) is -0.804. The monoisotopic (exact) mass is 424 g/mol. The van der Waals surface area contributed by atoms with Crippen LogP contribution in [-0.2, 0) is 19.8 Å². The summed E-state index contributed by atoms with van der Waals surface area (Å²) in [5, 5.41) is 0. The molecular formula is C21H24F4N4O. The first-order chi connectivity index (χ1) is 14.1. The molecule has 0 spiro atoms. The number of carbonyl (C=O) groups excluding carboxylic acids is 1. The number of nitrogens with zero attached hydrogens (tertiary/aromatic N) is 4. The Labute approximate surface area is 172 Å². The van der Waals surface area contributed by atoms with Crippen LogP contribution in [0, 0.1) is 17.7 Å². The Morgan fingerprint density at radius 3 is 2.43 bits per heavy atom. The minimum atomic E-state index is -4.79. The topological polar surface area (TPSA) is 41.4 Å². The highest BCUT2D eigenvalue weighted by Crippen LogP contribution is 2.40. The fourth-order valence-corrected chi connectivity index (χ4v) is 4.88. The number of hydrogen-bond donors (Lipinski definition) is 0. The molecule has 1 amide bonds. The summed E-state index contributed by atoms with van der Waals surface area (Å²) in [5.74, 6) is -0.685. The largest absolute Gasteiger partial charge is 0.419 e. The van der Waals surface area contributed by atoms with Crippen molar-refractivity contribution in [1.82, 2.24) is 19.4 Å². The van der Waals surface area contributed by atoms with E-state index in [9.17, 15) is 22.4 Å². The smallest absolute Gasteiger partial charge is 0.340 e. The van der Waals surface area contributed by atoms with Gasteiger partial charge in [-0.15, -0.1) is 0 Å². The Hall–Kier alpha value is -2.42. The maximum absolute atomic E-state index is 13.7. The number of rotatable bonds is 4. The number of imidazole rings is 1. The Bertz CT molecular complexity index is 927. The Balaban J connectivity index is 1.62. The first-order valence-electron chi connectivity index (χ1n) is 9.95. The van der Waals surface area contributed by atoms with Gasteiger partial charge in [-0.05, 0) is 49.4 Å². The van der Waals surface area contributed by atoms with E-state index in [-0.39, 0.29) is 29.8 Å². The van der Waals surface area contributed by atoms with Gasteiger partial charge in [0, 0.05) is 38.9 Å². The third-order valence-electron chi connectivity index (χ3n) is 6.22. The average Bonchev–Trinajstić information content (AvgIpc) is 3.34. The maximum atomic E-state index is 13.7. The summed E-state index contributed by atoms with van der Waals surface area (Å²) in [7, 11) is 3.82. The number of benzene rings is 1. The van der Waals surface area contributed by atoms with Gasteiger partial charge in [0.15, 0.2) is 0 Å².